The van der Waals surface area contributed by atoms with Crippen LogP contribution in [0.5, 0.6) is 0 Å². The molecule has 2 nitrogen and oxygen atoms in total. The monoisotopic (exact) mass is 219 g/mol. The number of aliphatic hydroxyl groups is 1. The normalized spacial score (nSPS) is 17.8. The van der Waals surface area contributed by atoms with Crippen LogP contribution in [0.3, 0.4) is 0 Å². The van der Waals surface area contributed by atoms with Crippen molar-refractivity contribution < 1.29 is 5.11 Å². The zero-order chi connectivity index (χ0) is 11.5. The summed E-state index contributed by atoms with van der Waals surface area (Å²) in [5.74, 6) is 0.640. The number of hydrogen-bond acceptors (Lipinski definition) is 2. The number of aliphatic hydroxyl groups excluding tert-OH is 1. The van der Waals surface area contributed by atoms with E-state index in [2.05, 4.69) is 43.0 Å². The van der Waals surface area contributed by atoms with Gasteiger partial charge >= 0.3 is 0 Å². The number of fused-ring (bicyclic) bond motifs is 1. The van der Waals surface area contributed by atoms with Crippen LogP contribution in [0.1, 0.15) is 31.4 Å². The predicted octanol–water partition coefficient (Wildman–Crippen LogP) is 2.41. The molecule has 0 aromatic heterocycles. The third-order valence-corrected chi connectivity index (χ3v) is 3.34. The van der Waals surface area contributed by atoms with E-state index in [1.807, 2.05) is 0 Å². The first kappa shape index (κ1) is 11.6. The lowest BCUT2D eigenvalue weighted by atomic mass is 10.0. The van der Waals surface area contributed by atoms with E-state index in [4.69, 9.17) is 0 Å². The fourth-order valence-corrected chi connectivity index (χ4v) is 2.50. The molecular weight excluding hydrogens is 198 g/mol. The van der Waals surface area contributed by atoms with Gasteiger partial charge in [-0.2, -0.15) is 0 Å². The van der Waals surface area contributed by atoms with Gasteiger partial charge in [-0.3, -0.25) is 4.90 Å². The van der Waals surface area contributed by atoms with Crippen molar-refractivity contribution in [2.24, 2.45) is 5.92 Å². The Labute approximate surface area is 97.9 Å². The van der Waals surface area contributed by atoms with Gasteiger partial charge in [-0.25, -0.2) is 0 Å². The zero-order valence-electron chi connectivity index (χ0n) is 10.2. The van der Waals surface area contributed by atoms with Gasteiger partial charge in [0.1, 0.15) is 0 Å². The molecule has 0 radical (unpaired) electrons. The van der Waals surface area contributed by atoms with E-state index >= 15 is 0 Å². The van der Waals surface area contributed by atoms with Crippen LogP contribution in [0, 0.1) is 5.92 Å². The standard InChI is InChI=1S/C14H21NO/c1-11(2)7-14(10-16)15-8-12-5-3-4-6-13(12)9-15/h3-6,11,14,16H,7-10H2,1-2H3/t14-/m0/s1. The molecule has 0 amide bonds. The van der Waals surface area contributed by atoms with Gasteiger partial charge in [0.05, 0.1) is 6.61 Å². The van der Waals surface area contributed by atoms with Crippen molar-refractivity contribution in [3.8, 4) is 0 Å². The van der Waals surface area contributed by atoms with Crippen molar-refractivity contribution in [1.29, 1.82) is 0 Å². The predicted molar refractivity (Wildman–Crippen MR) is 66.0 cm³/mol. The first-order valence-electron chi connectivity index (χ1n) is 6.12. The lowest BCUT2D eigenvalue weighted by molar-refractivity contribution is 0.105. The van der Waals surface area contributed by atoms with Crippen LogP contribution < -0.4 is 0 Å². The second-order valence-corrected chi connectivity index (χ2v) is 5.14. The maximum absolute atomic E-state index is 9.47. The van der Waals surface area contributed by atoms with Crippen LogP contribution in [0.2, 0.25) is 0 Å². The molecule has 1 aromatic carbocycles. The Balaban J connectivity index is 2.04. The zero-order valence-corrected chi connectivity index (χ0v) is 10.2. The van der Waals surface area contributed by atoms with Crippen molar-refractivity contribution in [3.63, 3.8) is 0 Å². The molecule has 0 spiro atoms. The second-order valence-electron chi connectivity index (χ2n) is 5.14. The summed E-state index contributed by atoms with van der Waals surface area (Å²) in [5.41, 5.74) is 2.84. The average Bonchev–Trinajstić information content (AvgIpc) is 2.68. The minimum absolute atomic E-state index is 0.270. The van der Waals surface area contributed by atoms with Gasteiger partial charge in [0, 0.05) is 19.1 Å². The lowest BCUT2D eigenvalue weighted by Gasteiger charge is -2.27. The van der Waals surface area contributed by atoms with Crippen LogP contribution in [0.25, 0.3) is 0 Å². The Morgan fingerprint density at radius 1 is 1.19 bits per heavy atom. The van der Waals surface area contributed by atoms with Crippen LogP contribution >= 0.6 is 0 Å². The Morgan fingerprint density at radius 3 is 2.19 bits per heavy atom. The van der Waals surface area contributed by atoms with Crippen LogP contribution in [0.15, 0.2) is 24.3 Å². The maximum Gasteiger partial charge on any atom is 0.0587 e. The topological polar surface area (TPSA) is 23.5 Å². The highest BCUT2D eigenvalue weighted by molar-refractivity contribution is 5.30. The van der Waals surface area contributed by atoms with Gasteiger partial charge < -0.3 is 5.11 Å². The largest absolute Gasteiger partial charge is 0.395 e. The molecule has 2 rings (SSSR count). The van der Waals surface area contributed by atoms with E-state index in [9.17, 15) is 5.11 Å². The molecule has 1 aliphatic heterocycles. The van der Waals surface area contributed by atoms with Crippen molar-refractivity contribution in [2.75, 3.05) is 6.61 Å². The SMILES string of the molecule is CC(C)C[C@@H](CO)N1Cc2ccccc2C1. The summed E-state index contributed by atoms with van der Waals surface area (Å²) >= 11 is 0. The maximum atomic E-state index is 9.47. The molecule has 1 heterocycles. The number of nitrogens with zero attached hydrogens (tertiary/aromatic N) is 1. The van der Waals surface area contributed by atoms with Crippen molar-refractivity contribution in [2.45, 2.75) is 39.4 Å². The molecule has 0 aliphatic carbocycles. The summed E-state index contributed by atoms with van der Waals surface area (Å²) in [4.78, 5) is 2.39. The smallest absolute Gasteiger partial charge is 0.0587 e. The number of rotatable bonds is 4. The van der Waals surface area contributed by atoms with E-state index in [0.29, 0.717) is 12.0 Å². The molecule has 1 aromatic rings. The Morgan fingerprint density at radius 2 is 1.75 bits per heavy atom. The Hall–Kier alpha value is -0.860. The molecule has 0 saturated carbocycles. The van der Waals surface area contributed by atoms with Gasteiger partial charge in [-0.1, -0.05) is 38.1 Å². The molecule has 0 unspecified atom stereocenters. The highest BCUT2D eigenvalue weighted by Crippen LogP contribution is 2.26. The van der Waals surface area contributed by atoms with E-state index in [0.717, 1.165) is 19.5 Å². The molecule has 1 N–H and O–H groups in total. The van der Waals surface area contributed by atoms with Gasteiger partial charge in [0.25, 0.3) is 0 Å². The molecule has 1 atom stereocenters. The lowest BCUT2D eigenvalue weighted by Crippen LogP contribution is -2.34. The average molecular weight is 219 g/mol. The van der Waals surface area contributed by atoms with Crippen molar-refractivity contribution in [1.82, 2.24) is 4.90 Å². The van der Waals surface area contributed by atoms with Crippen LogP contribution in [-0.2, 0) is 13.1 Å². The summed E-state index contributed by atoms with van der Waals surface area (Å²) in [5, 5.41) is 9.47. The van der Waals surface area contributed by atoms with E-state index in [-0.39, 0.29) is 6.61 Å². The molecule has 88 valence electrons. The summed E-state index contributed by atoms with van der Waals surface area (Å²) in [6, 6.07) is 8.89. The van der Waals surface area contributed by atoms with E-state index in [1.165, 1.54) is 11.1 Å². The Kier molecular flexibility index (Phi) is 3.62. The molecule has 0 saturated heterocycles. The number of benzene rings is 1. The first-order chi connectivity index (χ1) is 7.70. The van der Waals surface area contributed by atoms with Gasteiger partial charge in [-0.15, -0.1) is 0 Å². The van der Waals surface area contributed by atoms with E-state index < -0.39 is 0 Å². The van der Waals surface area contributed by atoms with Crippen molar-refractivity contribution >= 4 is 0 Å². The minimum atomic E-state index is 0.270. The molecule has 0 bridgehead atoms. The molecule has 2 heteroatoms. The third kappa shape index (κ3) is 2.45. The van der Waals surface area contributed by atoms with Crippen LogP contribution in [-0.4, -0.2) is 22.7 Å². The summed E-state index contributed by atoms with van der Waals surface area (Å²) < 4.78 is 0. The second kappa shape index (κ2) is 4.98. The summed E-state index contributed by atoms with van der Waals surface area (Å²) in [6.07, 6.45) is 1.07. The highest BCUT2D eigenvalue weighted by atomic mass is 16.3. The fraction of sp³-hybridized carbons (Fsp3) is 0.571. The summed E-state index contributed by atoms with van der Waals surface area (Å²) in [6.45, 7) is 6.69. The fourth-order valence-electron chi connectivity index (χ4n) is 2.50. The van der Waals surface area contributed by atoms with Gasteiger partial charge in [-0.05, 0) is 23.5 Å². The van der Waals surface area contributed by atoms with Crippen molar-refractivity contribution in [3.05, 3.63) is 35.4 Å². The highest BCUT2D eigenvalue weighted by Gasteiger charge is 2.25. The first-order valence-corrected chi connectivity index (χ1v) is 6.12. The summed E-state index contributed by atoms with van der Waals surface area (Å²) in [7, 11) is 0. The molecule has 16 heavy (non-hydrogen) atoms. The van der Waals surface area contributed by atoms with Gasteiger partial charge in [0.2, 0.25) is 0 Å². The molecule has 1 aliphatic rings. The van der Waals surface area contributed by atoms with E-state index in [1.54, 1.807) is 0 Å². The number of hydrogen-bond donors (Lipinski definition) is 1. The minimum Gasteiger partial charge on any atom is -0.395 e. The molecular formula is C14H21NO. The van der Waals surface area contributed by atoms with Gasteiger partial charge in [0.15, 0.2) is 0 Å². The Bertz CT molecular complexity index is 323. The van der Waals surface area contributed by atoms with Crippen LogP contribution in [0.4, 0.5) is 0 Å². The third-order valence-electron chi connectivity index (χ3n) is 3.34. The molecule has 0 fully saturated rings. The quantitative estimate of drug-likeness (QED) is 0.840.